The predicted octanol–water partition coefficient (Wildman–Crippen LogP) is 1.46. The van der Waals surface area contributed by atoms with Gasteiger partial charge >= 0.3 is 0 Å². The second-order valence-electron chi connectivity index (χ2n) is 4.97. The average Bonchev–Trinajstić information content (AvgIpc) is 2.45. The van der Waals surface area contributed by atoms with Crippen molar-refractivity contribution >= 4 is 5.91 Å². The molecule has 4 nitrogen and oxygen atoms in total. The van der Waals surface area contributed by atoms with Gasteiger partial charge in [0, 0.05) is 24.9 Å². The van der Waals surface area contributed by atoms with Crippen molar-refractivity contribution in [2.75, 3.05) is 6.54 Å². The van der Waals surface area contributed by atoms with Crippen LogP contribution >= 0.6 is 0 Å². The molecule has 2 unspecified atom stereocenters. The molecule has 2 atom stereocenters. The van der Waals surface area contributed by atoms with E-state index in [9.17, 15) is 4.79 Å². The summed E-state index contributed by atoms with van der Waals surface area (Å²) in [7, 11) is 0. The summed E-state index contributed by atoms with van der Waals surface area (Å²) in [5.74, 6) is 0.599. The molecular weight excluding hydrogens is 226 g/mol. The highest BCUT2D eigenvalue weighted by atomic mass is 16.1. The molecule has 1 aliphatic rings. The first-order valence-corrected chi connectivity index (χ1v) is 6.68. The number of amides is 1. The number of hydrogen-bond donors (Lipinski definition) is 2. The van der Waals surface area contributed by atoms with Gasteiger partial charge in [0.05, 0.1) is 0 Å². The van der Waals surface area contributed by atoms with Crippen LogP contribution in [-0.4, -0.2) is 17.4 Å². The van der Waals surface area contributed by atoms with E-state index in [0.29, 0.717) is 19.0 Å². The van der Waals surface area contributed by atoms with Crippen molar-refractivity contribution in [2.45, 2.75) is 32.2 Å². The molecule has 0 aliphatic heterocycles. The molecule has 0 saturated heterocycles. The summed E-state index contributed by atoms with van der Waals surface area (Å²) >= 11 is 0. The second kappa shape index (κ2) is 6.50. The third-order valence-electron chi connectivity index (χ3n) is 3.74. The Balaban J connectivity index is 1.87. The summed E-state index contributed by atoms with van der Waals surface area (Å²) < 4.78 is 0. The molecule has 1 fully saturated rings. The predicted molar refractivity (Wildman–Crippen MR) is 70.6 cm³/mol. The van der Waals surface area contributed by atoms with Gasteiger partial charge in [-0.1, -0.05) is 18.9 Å². The number of pyridine rings is 1. The molecule has 0 spiro atoms. The summed E-state index contributed by atoms with van der Waals surface area (Å²) in [6, 6.07) is 3.85. The highest BCUT2D eigenvalue weighted by Gasteiger charge is 2.29. The van der Waals surface area contributed by atoms with Gasteiger partial charge in [-0.3, -0.25) is 9.78 Å². The van der Waals surface area contributed by atoms with Crippen LogP contribution in [0.4, 0.5) is 0 Å². The van der Waals surface area contributed by atoms with E-state index < -0.39 is 0 Å². The van der Waals surface area contributed by atoms with Gasteiger partial charge in [-0.25, -0.2) is 0 Å². The molecule has 3 N–H and O–H groups in total. The summed E-state index contributed by atoms with van der Waals surface area (Å²) in [4.78, 5) is 16.2. The SMILES string of the molecule is NCC1CCCCC1C(=O)NCc1cccnc1. The molecule has 1 aromatic heterocycles. The summed E-state index contributed by atoms with van der Waals surface area (Å²) in [5, 5.41) is 3.00. The molecule has 98 valence electrons. The largest absolute Gasteiger partial charge is 0.352 e. The van der Waals surface area contributed by atoms with Crippen LogP contribution in [0.15, 0.2) is 24.5 Å². The Morgan fingerprint density at radius 2 is 2.28 bits per heavy atom. The van der Waals surface area contributed by atoms with Crippen LogP contribution < -0.4 is 11.1 Å². The Morgan fingerprint density at radius 1 is 1.44 bits per heavy atom. The Bertz CT molecular complexity index is 380. The lowest BCUT2D eigenvalue weighted by Crippen LogP contribution is -2.39. The number of carbonyl (C=O) groups is 1. The first-order chi connectivity index (χ1) is 8.81. The van der Waals surface area contributed by atoms with Gasteiger partial charge in [0.1, 0.15) is 0 Å². The molecular formula is C14H21N3O. The zero-order valence-corrected chi connectivity index (χ0v) is 10.6. The van der Waals surface area contributed by atoms with E-state index in [1.165, 1.54) is 6.42 Å². The maximum Gasteiger partial charge on any atom is 0.223 e. The molecule has 1 saturated carbocycles. The van der Waals surface area contributed by atoms with Gasteiger partial charge in [-0.15, -0.1) is 0 Å². The standard InChI is InChI=1S/C14H21N3O/c15-8-12-5-1-2-6-13(12)14(18)17-10-11-4-3-7-16-9-11/h3-4,7,9,12-13H,1-2,5-6,8,10,15H2,(H,17,18). The average molecular weight is 247 g/mol. The van der Waals surface area contributed by atoms with Crippen molar-refractivity contribution in [1.29, 1.82) is 0 Å². The molecule has 0 bridgehead atoms. The molecule has 18 heavy (non-hydrogen) atoms. The van der Waals surface area contributed by atoms with Crippen LogP contribution in [-0.2, 0) is 11.3 Å². The zero-order valence-electron chi connectivity index (χ0n) is 10.6. The first kappa shape index (κ1) is 13.0. The van der Waals surface area contributed by atoms with Gasteiger partial charge in [-0.05, 0) is 36.9 Å². The molecule has 1 heterocycles. The minimum atomic E-state index is 0.0976. The van der Waals surface area contributed by atoms with Crippen LogP contribution in [0.3, 0.4) is 0 Å². The van der Waals surface area contributed by atoms with Crippen LogP contribution in [0.2, 0.25) is 0 Å². The smallest absolute Gasteiger partial charge is 0.223 e. The first-order valence-electron chi connectivity index (χ1n) is 6.68. The van der Waals surface area contributed by atoms with Crippen molar-refractivity contribution in [2.24, 2.45) is 17.6 Å². The molecule has 1 aliphatic carbocycles. The van der Waals surface area contributed by atoms with E-state index in [2.05, 4.69) is 10.3 Å². The number of nitrogens with two attached hydrogens (primary N) is 1. The monoisotopic (exact) mass is 247 g/mol. The summed E-state index contributed by atoms with van der Waals surface area (Å²) in [6.45, 7) is 1.17. The van der Waals surface area contributed by atoms with E-state index in [0.717, 1.165) is 24.8 Å². The number of aromatic nitrogens is 1. The molecule has 2 rings (SSSR count). The molecule has 0 aromatic carbocycles. The van der Waals surface area contributed by atoms with Crippen LogP contribution in [0.25, 0.3) is 0 Å². The normalized spacial score (nSPS) is 23.6. The number of rotatable bonds is 4. The second-order valence-corrected chi connectivity index (χ2v) is 4.97. The Labute approximate surface area is 108 Å². The van der Waals surface area contributed by atoms with Gasteiger partial charge in [0.25, 0.3) is 0 Å². The maximum atomic E-state index is 12.2. The lowest BCUT2D eigenvalue weighted by atomic mass is 9.79. The minimum Gasteiger partial charge on any atom is -0.352 e. The van der Waals surface area contributed by atoms with Crippen LogP contribution in [0.5, 0.6) is 0 Å². The number of nitrogens with zero attached hydrogens (tertiary/aromatic N) is 1. The van der Waals surface area contributed by atoms with Gasteiger partial charge < -0.3 is 11.1 Å². The van der Waals surface area contributed by atoms with Crippen LogP contribution in [0, 0.1) is 11.8 Å². The fourth-order valence-electron chi connectivity index (χ4n) is 2.66. The minimum absolute atomic E-state index is 0.0976. The maximum absolute atomic E-state index is 12.2. The van der Waals surface area contributed by atoms with Crippen molar-refractivity contribution in [3.05, 3.63) is 30.1 Å². The lowest BCUT2D eigenvalue weighted by molar-refractivity contribution is -0.127. The van der Waals surface area contributed by atoms with Gasteiger partial charge in [-0.2, -0.15) is 0 Å². The van der Waals surface area contributed by atoms with E-state index in [-0.39, 0.29) is 11.8 Å². The van der Waals surface area contributed by atoms with Gasteiger partial charge in [0.15, 0.2) is 0 Å². The Hall–Kier alpha value is -1.42. The van der Waals surface area contributed by atoms with Gasteiger partial charge in [0.2, 0.25) is 5.91 Å². The van der Waals surface area contributed by atoms with E-state index in [1.54, 1.807) is 12.4 Å². The molecule has 1 aromatic rings. The zero-order chi connectivity index (χ0) is 12.8. The highest BCUT2D eigenvalue weighted by molar-refractivity contribution is 5.79. The van der Waals surface area contributed by atoms with Crippen molar-refractivity contribution in [1.82, 2.24) is 10.3 Å². The number of hydrogen-bond acceptors (Lipinski definition) is 3. The molecule has 4 heteroatoms. The highest BCUT2D eigenvalue weighted by Crippen LogP contribution is 2.29. The third kappa shape index (κ3) is 3.29. The third-order valence-corrected chi connectivity index (χ3v) is 3.74. The Kier molecular flexibility index (Phi) is 4.70. The fraction of sp³-hybridized carbons (Fsp3) is 0.571. The topological polar surface area (TPSA) is 68.0 Å². The van der Waals surface area contributed by atoms with Crippen LogP contribution in [0.1, 0.15) is 31.2 Å². The van der Waals surface area contributed by atoms with Crippen molar-refractivity contribution in [3.8, 4) is 0 Å². The van der Waals surface area contributed by atoms with Crippen molar-refractivity contribution < 1.29 is 4.79 Å². The van der Waals surface area contributed by atoms with E-state index >= 15 is 0 Å². The number of nitrogens with one attached hydrogen (secondary N) is 1. The quantitative estimate of drug-likeness (QED) is 0.846. The van der Waals surface area contributed by atoms with E-state index in [4.69, 9.17) is 5.73 Å². The lowest BCUT2D eigenvalue weighted by Gasteiger charge is -2.29. The fourth-order valence-corrected chi connectivity index (χ4v) is 2.66. The van der Waals surface area contributed by atoms with E-state index in [1.807, 2.05) is 12.1 Å². The molecule has 1 amide bonds. The summed E-state index contributed by atoms with van der Waals surface area (Å²) in [6.07, 6.45) is 7.91. The Morgan fingerprint density at radius 3 is 3.00 bits per heavy atom. The summed E-state index contributed by atoms with van der Waals surface area (Å²) in [5.41, 5.74) is 6.78. The molecule has 0 radical (unpaired) electrons. The number of carbonyl (C=O) groups excluding carboxylic acids is 1. The van der Waals surface area contributed by atoms with Crippen molar-refractivity contribution in [3.63, 3.8) is 0 Å².